The van der Waals surface area contributed by atoms with Crippen molar-refractivity contribution in [3.63, 3.8) is 0 Å². The standard InChI is InChI=1S/C26H22Cl3N3O2/c1-2-3-4-14-33-26-31-24(21-12-11-19(28)15-22(21)29)23(17-7-9-18(27)10-8-17)25(32-26)34-20-6-5-13-30-16-20/h5-13,15-16H,2-4,14H2,1H3. The van der Waals surface area contributed by atoms with Crippen molar-refractivity contribution in [3.05, 3.63) is 82.1 Å². The number of nitrogens with zero attached hydrogens (tertiary/aromatic N) is 3. The molecule has 2 aromatic heterocycles. The van der Waals surface area contributed by atoms with Gasteiger partial charge in [-0.25, -0.2) is 0 Å². The molecule has 5 nitrogen and oxygen atoms in total. The molecule has 0 fully saturated rings. The molecule has 34 heavy (non-hydrogen) atoms. The van der Waals surface area contributed by atoms with Crippen LogP contribution in [-0.4, -0.2) is 21.6 Å². The summed E-state index contributed by atoms with van der Waals surface area (Å²) in [5, 5.41) is 1.59. The number of pyridine rings is 1. The van der Waals surface area contributed by atoms with E-state index in [1.807, 2.05) is 18.2 Å². The predicted octanol–water partition coefficient (Wildman–Crippen LogP) is 8.53. The van der Waals surface area contributed by atoms with Crippen LogP contribution in [0.2, 0.25) is 15.1 Å². The van der Waals surface area contributed by atoms with Crippen molar-refractivity contribution in [2.45, 2.75) is 26.2 Å². The van der Waals surface area contributed by atoms with Crippen molar-refractivity contribution in [2.75, 3.05) is 6.61 Å². The largest absolute Gasteiger partial charge is 0.463 e. The normalized spacial score (nSPS) is 10.8. The lowest BCUT2D eigenvalue weighted by Crippen LogP contribution is -2.05. The van der Waals surface area contributed by atoms with Crippen LogP contribution in [0.4, 0.5) is 0 Å². The van der Waals surface area contributed by atoms with Crippen LogP contribution in [0.15, 0.2) is 67.0 Å². The molecule has 0 aliphatic rings. The van der Waals surface area contributed by atoms with Crippen molar-refractivity contribution >= 4 is 34.8 Å². The first kappa shape index (κ1) is 24.3. The second-order valence-electron chi connectivity index (χ2n) is 7.51. The third kappa shape index (κ3) is 5.98. The first-order valence-electron chi connectivity index (χ1n) is 10.9. The molecule has 2 heterocycles. The van der Waals surface area contributed by atoms with E-state index in [1.54, 1.807) is 48.8 Å². The highest BCUT2D eigenvalue weighted by molar-refractivity contribution is 6.36. The minimum absolute atomic E-state index is 0.203. The first-order valence-corrected chi connectivity index (χ1v) is 12.0. The highest BCUT2D eigenvalue weighted by Gasteiger charge is 2.22. The zero-order valence-electron chi connectivity index (χ0n) is 18.5. The van der Waals surface area contributed by atoms with Crippen molar-refractivity contribution in [1.29, 1.82) is 0 Å². The van der Waals surface area contributed by atoms with Crippen LogP contribution in [0, 0.1) is 0 Å². The Morgan fingerprint density at radius 1 is 0.882 bits per heavy atom. The number of ether oxygens (including phenoxy) is 2. The van der Waals surface area contributed by atoms with Gasteiger partial charge in [0.25, 0.3) is 0 Å². The van der Waals surface area contributed by atoms with Gasteiger partial charge in [0.2, 0.25) is 5.88 Å². The van der Waals surface area contributed by atoms with Gasteiger partial charge in [0.1, 0.15) is 5.75 Å². The molecule has 0 aliphatic carbocycles. The predicted molar refractivity (Wildman–Crippen MR) is 137 cm³/mol. The van der Waals surface area contributed by atoms with E-state index in [-0.39, 0.29) is 6.01 Å². The van der Waals surface area contributed by atoms with E-state index >= 15 is 0 Å². The van der Waals surface area contributed by atoms with Gasteiger partial charge < -0.3 is 9.47 Å². The molecule has 4 aromatic rings. The number of hydrogen-bond donors (Lipinski definition) is 0. The molecule has 0 radical (unpaired) electrons. The van der Waals surface area contributed by atoms with Crippen molar-refractivity contribution in [1.82, 2.24) is 15.0 Å². The molecule has 0 bridgehead atoms. The second-order valence-corrected chi connectivity index (χ2v) is 8.79. The van der Waals surface area contributed by atoms with Gasteiger partial charge in [-0.1, -0.05) is 66.7 Å². The monoisotopic (exact) mass is 513 g/mol. The Morgan fingerprint density at radius 3 is 2.38 bits per heavy atom. The molecule has 0 spiro atoms. The summed E-state index contributed by atoms with van der Waals surface area (Å²) < 4.78 is 12.1. The van der Waals surface area contributed by atoms with Crippen LogP contribution in [0.25, 0.3) is 22.4 Å². The summed E-state index contributed by atoms with van der Waals surface area (Å²) in [5.74, 6) is 0.846. The molecule has 0 saturated heterocycles. The summed E-state index contributed by atoms with van der Waals surface area (Å²) in [4.78, 5) is 13.5. The maximum atomic E-state index is 6.60. The third-order valence-corrected chi connectivity index (χ3v) is 5.80. The topological polar surface area (TPSA) is 57.1 Å². The number of aromatic nitrogens is 3. The lowest BCUT2D eigenvalue weighted by atomic mass is 10.00. The summed E-state index contributed by atoms with van der Waals surface area (Å²) >= 11 is 18.9. The van der Waals surface area contributed by atoms with E-state index in [2.05, 4.69) is 16.9 Å². The lowest BCUT2D eigenvalue weighted by Gasteiger charge is -2.17. The Balaban J connectivity index is 1.91. The Hall–Kier alpha value is -2.86. The lowest BCUT2D eigenvalue weighted by molar-refractivity contribution is 0.279. The summed E-state index contributed by atoms with van der Waals surface area (Å²) in [6.07, 6.45) is 6.33. The van der Waals surface area contributed by atoms with Gasteiger partial charge in [-0.2, -0.15) is 9.97 Å². The van der Waals surface area contributed by atoms with Gasteiger partial charge in [-0.05, 0) is 54.4 Å². The van der Waals surface area contributed by atoms with Gasteiger partial charge in [0.05, 0.1) is 29.1 Å². The van der Waals surface area contributed by atoms with E-state index in [9.17, 15) is 0 Å². The fourth-order valence-corrected chi connectivity index (χ4v) is 3.97. The molecule has 8 heteroatoms. The van der Waals surface area contributed by atoms with E-state index in [1.165, 1.54) is 0 Å². The van der Waals surface area contributed by atoms with Gasteiger partial charge in [-0.15, -0.1) is 0 Å². The van der Waals surface area contributed by atoms with Crippen molar-refractivity contribution in [2.24, 2.45) is 0 Å². The van der Waals surface area contributed by atoms with Crippen LogP contribution in [0.1, 0.15) is 26.2 Å². The third-order valence-electron chi connectivity index (χ3n) is 5.00. The van der Waals surface area contributed by atoms with Crippen LogP contribution in [0.3, 0.4) is 0 Å². The first-order chi connectivity index (χ1) is 16.5. The summed E-state index contributed by atoms with van der Waals surface area (Å²) in [6.45, 7) is 2.63. The van der Waals surface area contributed by atoms with Crippen molar-refractivity contribution in [3.8, 4) is 40.0 Å². The van der Waals surface area contributed by atoms with Gasteiger partial charge in [0, 0.05) is 21.8 Å². The van der Waals surface area contributed by atoms with Crippen LogP contribution >= 0.6 is 34.8 Å². The fraction of sp³-hybridized carbons (Fsp3) is 0.192. The van der Waals surface area contributed by atoms with Gasteiger partial charge in [0.15, 0.2) is 0 Å². The highest BCUT2D eigenvalue weighted by Crippen LogP contribution is 2.42. The number of rotatable bonds is 9. The number of hydrogen-bond acceptors (Lipinski definition) is 5. The van der Waals surface area contributed by atoms with E-state index < -0.39 is 0 Å². The number of unbranched alkanes of at least 4 members (excludes halogenated alkanes) is 2. The Morgan fingerprint density at radius 2 is 1.68 bits per heavy atom. The fourth-order valence-electron chi connectivity index (χ4n) is 3.35. The molecular formula is C26H22Cl3N3O2. The molecule has 0 N–H and O–H groups in total. The number of benzene rings is 2. The summed E-state index contributed by atoms with van der Waals surface area (Å²) in [5.41, 5.74) is 2.68. The van der Waals surface area contributed by atoms with Crippen LogP contribution < -0.4 is 9.47 Å². The van der Waals surface area contributed by atoms with E-state index in [0.29, 0.717) is 50.1 Å². The smallest absolute Gasteiger partial charge is 0.320 e. The van der Waals surface area contributed by atoms with E-state index in [4.69, 9.17) is 49.3 Å². The molecule has 0 saturated carbocycles. The van der Waals surface area contributed by atoms with Crippen LogP contribution in [-0.2, 0) is 0 Å². The molecule has 174 valence electrons. The minimum Gasteiger partial charge on any atom is -0.463 e. The average Bonchev–Trinajstić information content (AvgIpc) is 2.83. The Bertz CT molecular complexity index is 1250. The number of halogens is 3. The van der Waals surface area contributed by atoms with Gasteiger partial charge >= 0.3 is 6.01 Å². The maximum absolute atomic E-state index is 6.60. The summed E-state index contributed by atoms with van der Waals surface area (Å²) in [6, 6.07) is 16.4. The molecule has 2 aromatic carbocycles. The second kappa shape index (κ2) is 11.5. The quantitative estimate of drug-likeness (QED) is 0.209. The van der Waals surface area contributed by atoms with Gasteiger partial charge in [-0.3, -0.25) is 4.98 Å². The van der Waals surface area contributed by atoms with E-state index in [0.717, 1.165) is 24.8 Å². The average molecular weight is 515 g/mol. The summed E-state index contributed by atoms with van der Waals surface area (Å²) in [7, 11) is 0. The highest BCUT2D eigenvalue weighted by atomic mass is 35.5. The molecule has 0 amide bonds. The molecular weight excluding hydrogens is 493 g/mol. The zero-order valence-corrected chi connectivity index (χ0v) is 20.7. The molecule has 0 aliphatic heterocycles. The zero-order chi connectivity index (χ0) is 23.9. The molecule has 4 rings (SSSR count). The van der Waals surface area contributed by atoms with Crippen molar-refractivity contribution < 1.29 is 9.47 Å². The Labute approximate surface area is 213 Å². The molecule has 0 atom stereocenters. The van der Waals surface area contributed by atoms with Crippen LogP contribution in [0.5, 0.6) is 17.6 Å². The Kier molecular flexibility index (Phi) is 8.22. The molecule has 0 unspecified atom stereocenters. The minimum atomic E-state index is 0.203. The SMILES string of the molecule is CCCCCOc1nc(Oc2cccnc2)c(-c2ccc(Cl)cc2)c(-c2ccc(Cl)cc2Cl)n1. The maximum Gasteiger partial charge on any atom is 0.320 e.